The monoisotopic (exact) mass is 538 g/mol. The molecule has 2 heterocycles. The summed E-state index contributed by atoms with van der Waals surface area (Å²) >= 11 is 0. The number of hydrogen-bond donors (Lipinski definition) is 4. The lowest BCUT2D eigenvalue weighted by Crippen LogP contribution is -2.53. The fourth-order valence-electron chi connectivity index (χ4n) is 4.77. The van der Waals surface area contributed by atoms with E-state index in [1.165, 1.54) is 7.11 Å². The van der Waals surface area contributed by atoms with Crippen molar-refractivity contribution in [2.75, 3.05) is 7.11 Å². The number of fused-ring (bicyclic) bond motifs is 2. The number of carbonyl (C=O) groups is 3. The van der Waals surface area contributed by atoms with Crippen LogP contribution in [0.25, 0.3) is 21.8 Å². The van der Waals surface area contributed by atoms with Gasteiger partial charge in [0.1, 0.15) is 18.7 Å². The molecule has 2 atom stereocenters. The molecule has 0 radical (unpaired) electrons. The number of hydrogen-bond acceptors (Lipinski definition) is 5. The molecule has 0 aliphatic carbocycles. The SMILES string of the molecule is COC(=O)[C@H](Cc1c[nH]c2ccccc12)NC(=O)[C@@H](Cc1c[nH]c2ccccc12)NC(=O)OCc1ccccc1. The van der Waals surface area contributed by atoms with Gasteiger partial charge < -0.3 is 30.1 Å². The largest absolute Gasteiger partial charge is 0.467 e. The van der Waals surface area contributed by atoms with E-state index in [0.29, 0.717) is 0 Å². The minimum atomic E-state index is -1.02. The summed E-state index contributed by atoms with van der Waals surface area (Å²) in [5.74, 6) is -1.12. The normalized spacial score (nSPS) is 12.5. The zero-order chi connectivity index (χ0) is 27.9. The number of aromatic nitrogens is 2. The number of para-hydroxylation sites is 2. The fraction of sp³-hybridized carbons (Fsp3) is 0.194. The minimum Gasteiger partial charge on any atom is -0.467 e. The molecule has 0 saturated carbocycles. The minimum absolute atomic E-state index is 0.0550. The summed E-state index contributed by atoms with van der Waals surface area (Å²) in [6.07, 6.45) is 3.27. The smallest absolute Gasteiger partial charge is 0.408 e. The third-order valence-electron chi connectivity index (χ3n) is 6.82. The number of benzene rings is 3. The molecule has 204 valence electrons. The second-order valence-electron chi connectivity index (χ2n) is 9.47. The maximum Gasteiger partial charge on any atom is 0.408 e. The zero-order valence-electron chi connectivity index (χ0n) is 22.0. The summed E-state index contributed by atoms with van der Waals surface area (Å²) in [6, 6.07) is 22.7. The Balaban J connectivity index is 1.35. The molecule has 0 fully saturated rings. The number of H-pyrrole nitrogens is 2. The molecule has 9 nitrogen and oxygen atoms in total. The molecule has 0 aliphatic heterocycles. The summed E-state index contributed by atoms with van der Waals surface area (Å²) in [7, 11) is 1.28. The molecule has 0 saturated heterocycles. The van der Waals surface area contributed by atoms with Crippen LogP contribution in [0.1, 0.15) is 16.7 Å². The van der Waals surface area contributed by atoms with Gasteiger partial charge >= 0.3 is 12.1 Å². The van der Waals surface area contributed by atoms with Gasteiger partial charge in [0.25, 0.3) is 0 Å². The topological polar surface area (TPSA) is 125 Å². The number of nitrogens with one attached hydrogen (secondary N) is 4. The van der Waals surface area contributed by atoms with Crippen LogP contribution < -0.4 is 10.6 Å². The van der Waals surface area contributed by atoms with E-state index in [2.05, 4.69) is 20.6 Å². The molecule has 40 heavy (non-hydrogen) atoms. The van der Waals surface area contributed by atoms with Crippen molar-refractivity contribution in [3.63, 3.8) is 0 Å². The van der Waals surface area contributed by atoms with Crippen LogP contribution in [0.2, 0.25) is 0 Å². The Morgan fingerprint density at radius 3 is 1.88 bits per heavy atom. The maximum atomic E-state index is 13.6. The number of aromatic amines is 2. The molecule has 4 N–H and O–H groups in total. The Labute approximate surface area is 230 Å². The summed E-state index contributed by atoms with van der Waals surface area (Å²) in [6.45, 7) is 0.0550. The van der Waals surface area contributed by atoms with Crippen LogP contribution in [0.3, 0.4) is 0 Å². The van der Waals surface area contributed by atoms with Crippen molar-refractivity contribution < 1.29 is 23.9 Å². The summed E-state index contributed by atoms with van der Waals surface area (Å²) in [4.78, 5) is 45.5. The highest BCUT2D eigenvalue weighted by Gasteiger charge is 2.29. The van der Waals surface area contributed by atoms with Crippen LogP contribution in [-0.2, 0) is 38.5 Å². The first kappa shape index (κ1) is 26.6. The van der Waals surface area contributed by atoms with Crippen molar-refractivity contribution in [2.45, 2.75) is 31.5 Å². The molecule has 9 heteroatoms. The van der Waals surface area contributed by atoms with Gasteiger partial charge in [0, 0.05) is 47.0 Å². The maximum absolute atomic E-state index is 13.6. The van der Waals surface area contributed by atoms with E-state index in [4.69, 9.17) is 9.47 Å². The molecule has 3 aromatic carbocycles. The highest BCUT2D eigenvalue weighted by atomic mass is 16.5. The lowest BCUT2D eigenvalue weighted by molar-refractivity contribution is -0.145. The number of rotatable bonds is 10. The molecule has 2 amide bonds. The third-order valence-corrected chi connectivity index (χ3v) is 6.82. The molecule has 0 spiro atoms. The molecule has 0 unspecified atom stereocenters. The van der Waals surface area contributed by atoms with Gasteiger partial charge in [-0.15, -0.1) is 0 Å². The van der Waals surface area contributed by atoms with Crippen LogP contribution in [-0.4, -0.2) is 47.1 Å². The summed E-state index contributed by atoms with van der Waals surface area (Å²) in [5.41, 5.74) is 4.35. The first-order chi connectivity index (χ1) is 19.5. The van der Waals surface area contributed by atoms with Crippen molar-refractivity contribution >= 4 is 39.8 Å². The van der Waals surface area contributed by atoms with E-state index in [1.807, 2.05) is 91.3 Å². The van der Waals surface area contributed by atoms with E-state index < -0.39 is 30.1 Å². The first-order valence-electron chi connectivity index (χ1n) is 13.0. The predicted octanol–water partition coefficient (Wildman–Crippen LogP) is 4.39. The number of methoxy groups -OCH3 is 1. The van der Waals surface area contributed by atoms with Gasteiger partial charge in [0.05, 0.1) is 7.11 Å². The lowest BCUT2D eigenvalue weighted by atomic mass is 10.0. The Kier molecular flexibility index (Phi) is 8.10. The van der Waals surface area contributed by atoms with Gasteiger partial charge in [-0.1, -0.05) is 66.7 Å². The van der Waals surface area contributed by atoms with Crippen molar-refractivity contribution in [3.8, 4) is 0 Å². The average Bonchev–Trinajstić information content (AvgIpc) is 3.59. The van der Waals surface area contributed by atoms with Crippen LogP contribution in [0.5, 0.6) is 0 Å². The lowest BCUT2D eigenvalue weighted by Gasteiger charge is -2.22. The molecular weight excluding hydrogens is 508 g/mol. The Hall–Kier alpha value is -5.05. The average molecular weight is 539 g/mol. The van der Waals surface area contributed by atoms with Gasteiger partial charge in [0.2, 0.25) is 5.91 Å². The number of esters is 1. The Morgan fingerprint density at radius 2 is 1.27 bits per heavy atom. The second-order valence-corrected chi connectivity index (χ2v) is 9.47. The van der Waals surface area contributed by atoms with Crippen molar-refractivity contribution in [1.82, 2.24) is 20.6 Å². The standard InChI is InChI=1S/C31H30N4O5/c1-39-30(37)28(16-22-18-33-26-14-8-6-12-24(22)26)34-29(36)27(15-21-17-32-25-13-7-5-11-23(21)25)35-31(38)40-19-20-9-3-2-4-10-20/h2-14,17-18,27-28,32-33H,15-16,19H2,1H3,(H,34,36)(H,35,38)/t27-,28+/m1/s1. The van der Waals surface area contributed by atoms with Gasteiger partial charge in [-0.25, -0.2) is 9.59 Å². The molecule has 5 rings (SSSR count). The Bertz CT molecular complexity index is 1620. The van der Waals surface area contributed by atoms with Gasteiger partial charge in [0.15, 0.2) is 0 Å². The zero-order valence-corrected chi connectivity index (χ0v) is 22.0. The highest BCUT2D eigenvalue weighted by molar-refractivity contribution is 5.92. The Morgan fingerprint density at radius 1 is 0.725 bits per heavy atom. The summed E-state index contributed by atoms with van der Waals surface area (Å²) in [5, 5.41) is 7.38. The number of ether oxygens (including phenoxy) is 2. The van der Waals surface area contributed by atoms with E-state index in [0.717, 1.165) is 38.5 Å². The summed E-state index contributed by atoms with van der Waals surface area (Å²) < 4.78 is 10.4. The van der Waals surface area contributed by atoms with Crippen LogP contribution in [0, 0.1) is 0 Å². The van der Waals surface area contributed by atoms with Gasteiger partial charge in [-0.3, -0.25) is 4.79 Å². The van der Waals surface area contributed by atoms with E-state index >= 15 is 0 Å². The van der Waals surface area contributed by atoms with Crippen molar-refractivity contribution in [2.24, 2.45) is 0 Å². The molecule has 5 aromatic rings. The molecule has 2 aromatic heterocycles. The van der Waals surface area contributed by atoms with Crippen LogP contribution in [0.15, 0.2) is 91.3 Å². The third kappa shape index (κ3) is 6.15. The van der Waals surface area contributed by atoms with E-state index in [9.17, 15) is 14.4 Å². The van der Waals surface area contributed by atoms with Crippen LogP contribution in [0.4, 0.5) is 4.79 Å². The first-order valence-corrected chi connectivity index (χ1v) is 13.0. The molecular formula is C31H30N4O5. The highest BCUT2D eigenvalue weighted by Crippen LogP contribution is 2.21. The number of alkyl carbamates (subject to hydrolysis) is 1. The quantitative estimate of drug-likeness (QED) is 0.196. The number of amides is 2. The van der Waals surface area contributed by atoms with Crippen LogP contribution >= 0.6 is 0 Å². The molecule has 0 bridgehead atoms. The second kappa shape index (κ2) is 12.2. The van der Waals surface area contributed by atoms with E-state index in [-0.39, 0.29) is 19.4 Å². The van der Waals surface area contributed by atoms with Gasteiger partial charge in [-0.2, -0.15) is 0 Å². The predicted molar refractivity (Wildman–Crippen MR) is 152 cm³/mol. The van der Waals surface area contributed by atoms with E-state index in [1.54, 1.807) is 0 Å². The van der Waals surface area contributed by atoms with Gasteiger partial charge in [-0.05, 0) is 28.8 Å². The van der Waals surface area contributed by atoms with Crippen molar-refractivity contribution in [3.05, 3.63) is 108 Å². The number of carbonyl (C=O) groups excluding carboxylic acids is 3. The fourth-order valence-corrected chi connectivity index (χ4v) is 4.77. The van der Waals surface area contributed by atoms with Crippen molar-refractivity contribution in [1.29, 1.82) is 0 Å². The molecule has 0 aliphatic rings.